The number of amides is 2. The molecular weight excluding hydrogens is 340 g/mol. The number of nitrogens with one attached hydrogen (secondary N) is 3. The third kappa shape index (κ3) is 3.02. The van der Waals surface area contributed by atoms with Gasteiger partial charge in [0.2, 0.25) is 0 Å². The predicted molar refractivity (Wildman–Crippen MR) is 94.4 cm³/mol. The summed E-state index contributed by atoms with van der Waals surface area (Å²) in [4.78, 5) is 33.8. The van der Waals surface area contributed by atoms with Crippen molar-refractivity contribution in [1.82, 2.24) is 15.5 Å². The van der Waals surface area contributed by atoms with Gasteiger partial charge in [0.1, 0.15) is 5.69 Å². The molecule has 0 unspecified atom stereocenters. The molecule has 2 amide bonds. The van der Waals surface area contributed by atoms with Gasteiger partial charge in [-0.3, -0.25) is 24.8 Å². The number of hydrogen-bond acceptors (Lipinski definition) is 6. The van der Waals surface area contributed by atoms with Crippen LogP contribution in [-0.4, -0.2) is 34.0 Å². The molecule has 1 aromatic heterocycles. The Hall–Kier alpha value is -3.95. The lowest BCUT2D eigenvalue weighted by Crippen LogP contribution is -2.17. The number of carbonyl (C=O) groups is 2. The number of rotatable bonds is 5. The second-order valence-electron chi connectivity index (χ2n) is 5.39. The minimum Gasteiger partial charge on any atom is -0.364 e. The maximum absolute atomic E-state index is 11.7. The van der Waals surface area contributed by atoms with E-state index in [9.17, 15) is 19.7 Å². The lowest BCUT2D eigenvalue weighted by Gasteiger charge is -2.09. The molecule has 0 bridgehead atoms. The summed E-state index contributed by atoms with van der Waals surface area (Å²) >= 11 is 0. The van der Waals surface area contributed by atoms with Crippen molar-refractivity contribution in [3.63, 3.8) is 0 Å². The first-order valence-electron chi connectivity index (χ1n) is 7.46. The van der Waals surface area contributed by atoms with Gasteiger partial charge in [-0.2, -0.15) is 5.10 Å². The molecule has 5 N–H and O–H groups in total. The lowest BCUT2D eigenvalue weighted by molar-refractivity contribution is -0.383. The van der Waals surface area contributed by atoms with E-state index >= 15 is 0 Å². The summed E-state index contributed by atoms with van der Waals surface area (Å²) in [6, 6.07) is 9.04. The van der Waals surface area contributed by atoms with Crippen molar-refractivity contribution < 1.29 is 14.5 Å². The van der Waals surface area contributed by atoms with E-state index in [-0.39, 0.29) is 22.6 Å². The number of anilines is 2. The van der Waals surface area contributed by atoms with Crippen LogP contribution in [0.15, 0.2) is 36.4 Å². The smallest absolute Gasteiger partial charge is 0.293 e. The van der Waals surface area contributed by atoms with E-state index in [0.717, 1.165) is 0 Å². The molecule has 0 atom stereocenters. The summed E-state index contributed by atoms with van der Waals surface area (Å²) < 4.78 is 0. The Balaban J connectivity index is 2.01. The highest BCUT2D eigenvalue weighted by Crippen LogP contribution is 2.30. The van der Waals surface area contributed by atoms with Crippen LogP contribution < -0.4 is 16.4 Å². The van der Waals surface area contributed by atoms with E-state index in [4.69, 9.17) is 5.73 Å². The van der Waals surface area contributed by atoms with Gasteiger partial charge in [0.05, 0.1) is 10.4 Å². The monoisotopic (exact) mass is 354 g/mol. The van der Waals surface area contributed by atoms with E-state index in [2.05, 4.69) is 20.8 Å². The Morgan fingerprint density at radius 3 is 2.65 bits per heavy atom. The molecule has 0 aliphatic rings. The number of nitrogens with zero attached hydrogens (tertiary/aromatic N) is 2. The highest BCUT2D eigenvalue weighted by molar-refractivity contribution is 6.04. The predicted octanol–water partition coefficient (Wildman–Crippen LogP) is 1.67. The SMILES string of the molecule is CNC(=O)c1ccc(Nc2ccc3[nH]nc(C(N)=O)c3c2)c([N+](=O)[O-])c1. The second kappa shape index (κ2) is 6.51. The Morgan fingerprint density at radius 2 is 2.00 bits per heavy atom. The van der Waals surface area contributed by atoms with Crippen LogP contribution in [0.2, 0.25) is 0 Å². The second-order valence-corrected chi connectivity index (χ2v) is 5.39. The summed E-state index contributed by atoms with van der Waals surface area (Å²) in [7, 11) is 1.44. The number of nitro benzene ring substituents is 1. The zero-order valence-corrected chi connectivity index (χ0v) is 13.6. The molecule has 0 saturated heterocycles. The van der Waals surface area contributed by atoms with Gasteiger partial charge < -0.3 is 16.4 Å². The number of nitrogens with two attached hydrogens (primary N) is 1. The molecule has 132 valence electrons. The van der Waals surface area contributed by atoms with Crippen molar-refractivity contribution in [2.24, 2.45) is 5.73 Å². The van der Waals surface area contributed by atoms with Gasteiger partial charge in [0.25, 0.3) is 17.5 Å². The fourth-order valence-corrected chi connectivity index (χ4v) is 2.51. The van der Waals surface area contributed by atoms with Crippen LogP contribution in [0.4, 0.5) is 17.1 Å². The third-order valence-corrected chi connectivity index (χ3v) is 3.76. The fourth-order valence-electron chi connectivity index (χ4n) is 2.51. The molecule has 2 aromatic carbocycles. The number of primary amides is 1. The number of aromatic nitrogens is 2. The topological polar surface area (TPSA) is 156 Å². The number of nitro groups is 1. The van der Waals surface area contributed by atoms with Crippen molar-refractivity contribution in [2.45, 2.75) is 0 Å². The largest absolute Gasteiger partial charge is 0.364 e. The van der Waals surface area contributed by atoms with Crippen LogP contribution in [0.3, 0.4) is 0 Å². The number of H-pyrrole nitrogens is 1. The fraction of sp³-hybridized carbons (Fsp3) is 0.0625. The number of carbonyl (C=O) groups excluding carboxylic acids is 2. The quantitative estimate of drug-likeness (QED) is 0.403. The number of hydrogen-bond donors (Lipinski definition) is 4. The molecular formula is C16H14N6O4. The van der Waals surface area contributed by atoms with Gasteiger partial charge in [-0.05, 0) is 30.3 Å². The first-order chi connectivity index (χ1) is 12.4. The zero-order chi connectivity index (χ0) is 18.8. The molecule has 1 heterocycles. The van der Waals surface area contributed by atoms with E-state index in [1.165, 1.54) is 25.2 Å². The number of fused-ring (bicyclic) bond motifs is 1. The first-order valence-corrected chi connectivity index (χ1v) is 7.46. The van der Waals surface area contributed by atoms with Gasteiger partial charge in [0.15, 0.2) is 5.69 Å². The minimum absolute atomic E-state index is 0.0770. The van der Waals surface area contributed by atoms with Crippen molar-refractivity contribution in [3.8, 4) is 0 Å². The van der Waals surface area contributed by atoms with Crippen LogP contribution in [0, 0.1) is 10.1 Å². The molecule has 0 radical (unpaired) electrons. The Kier molecular flexibility index (Phi) is 4.23. The molecule has 3 rings (SSSR count). The van der Waals surface area contributed by atoms with Gasteiger partial charge in [-0.15, -0.1) is 0 Å². The minimum atomic E-state index is -0.686. The summed E-state index contributed by atoms with van der Waals surface area (Å²) in [6.07, 6.45) is 0. The summed E-state index contributed by atoms with van der Waals surface area (Å²) in [6.45, 7) is 0. The average molecular weight is 354 g/mol. The average Bonchev–Trinajstić information content (AvgIpc) is 3.04. The molecule has 10 heteroatoms. The van der Waals surface area contributed by atoms with Gasteiger partial charge in [0, 0.05) is 29.8 Å². The van der Waals surface area contributed by atoms with Gasteiger partial charge in [-0.1, -0.05) is 0 Å². The summed E-state index contributed by atoms with van der Waals surface area (Å²) in [5, 5.41) is 23.7. The normalized spacial score (nSPS) is 10.5. The van der Waals surface area contributed by atoms with E-state index < -0.39 is 16.7 Å². The molecule has 0 aliphatic carbocycles. The molecule has 0 fully saturated rings. The Morgan fingerprint density at radius 1 is 1.23 bits per heavy atom. The molecule has 0 spiro atoms. The van der Waals surface area contributed by atoms with Gasteiger partial charge in [-0.25, -0.2) is 0 Å². The molecule has 0 saturated carbocycles. The van der Waals surface area contributed by atoms with Crippen LogP contribution in [-0.2, 0) is 0 Å². The summed E-state index contributed by atoms with van der Waals surface area (Å²) in [5.41, 5.74) is 6.58. The zero-order valence-electron chi connectivity index (χ0n) is 13.6. The van der Waals surface area contributed by atoms with Crippen molar-refractivity contribution in [2.75, 3.05) is 12.4 Å². The van der Waals surface area contributed by atoms with Crippen LogP contribution in [0.1, 0.15) is 20.8 Å². The van der Waals surface area contributed by atoms with Crippen LogP contribution >= 0.6 is 0 Å². The highest BCUT2D eigenvalue weighted by atomic mass is 16.6. The number of benzene rings is 2. The van der Waals surface area contributed by atoms with E-state index in [1.807, 2.05) is 0 Å². The molecule has 3 aromatic rings. The lowest BCUT2D eigenvalue weighted by atomic mass is 10.1. The first kappa shape index (κ1) is 16.9. The van der Waals surface area contributed by atoms with E-state index in [1.54, 1.807) is 18.2 Å². The molecule has 0 aliphatic heterocycles. The third-order valence-electron chi connectivity index (χ3n) is 3.76. The maximum Gasteiger partial charge on any atom is 0.293 e. The van der Waals surface area contributed by atoms with Crippen LogP contribution in [0.25, 0.3) is 10.9 Å². The summed E-state index contributed by atoms with van der Waals surface area (Å²) in [5.74, 6) is -1.11. The highest BCUT2D eigenvalue weighted by Gasteiger charge is 2.18. The molecule has 26 heavy (non-hydrogen) atoms. The maximum atomic E-state index is 11.7. The van der Waals surface area contributed by atoms with Crippen LogP contribution in [0.5, 0.6) is 0 Å². The van der Waals surface area contributed by atoms with Crippen molar-refractivity contribution >= 4 is 39.8 Å². The van der Waals surface area contributed by atoms with Gasteiger partial charge >= 0.3 is 0 Å². The van der Waals surface area contributed by atoms with Crippen molar-refractivity contribution in [1.29, 1.82) is 0 Å². The Labute approximate surface area is 146 Å². The van der Waals surface area contributed by atoms with Crippen molar-refractivity contribution in [3.05, 3.63) is 57.8 Å². The van der Waals surface area contributed by atoms with E-state index in [0.29, 0.717) is 16.6 Å². The standard InChI is InChI=1S/C16H14N6O4/c1-18-16(24)8-2-4-12(13(6-8)22(25)26)19-9-3-5-11-10(7-9)14(15(17)23)21-20-11/h2-7,19H,1H3,(H2,17,23)(H,18,24)(H,20,21). The number of aromatic amines is 1. The Bertz CT molecular complexity index is 1040. The molecule has 10 nitrogen and oxygen atoms in total.